The Bertz CT molecular complexity index is 404. The van der Waals surface area contributed by atoms with Gasteiger partial charge >= 0.3 is 0 Å². The molecule has 0 radical (unpaired) electrons. The van der Waals surface area contributed by atoms with Gasteiger partial charge < -0.3 is 10.5 Å². The van der Waals surface area contributed by atoms with Gasteiger partial charge in [0.25, 0.3) is 0 Å². The van der Waals surface area contributed by atoms with E-state index < -0.39 is 0 Å². The maximum Gasteiger partial charge on any atom is 0.129 e. The lowest BCUT2D eigenvalue weighted by atomic mass is 10.1. The first-order valence-corrected chi connectivity index (χ1v) is 7.59. The Labute approximate surface area is 122 Å². The van der Waals surface area contributed by atoms with Crippen LogP contribution in [0.3, 0.4) is 0 Å². The Kier molecular flexibility index (Phi) is 7.49. The maximum absolute atomic E-state index is 5.79. The fourth-order valence-electron chi connectivity index (χ4n) is 2.03. The minimum absolute atomic E-state index is 0.404. The normalized spacial score (nSPS) is 10.4. The quantitative estimate of drug-likeness (QED) is 0.538. The molecule has 0 atom stereocenters. The number of nitrogens with two attached hydrogens (primary N) is 1. The molecule has 0 unspecified atom stereocenters. The molecule has 0 heterocycles. The Balaban J connectivity index is 2.35. The molecule has 1 aromatic rings. The summed E-state index contributed by atoms with van der Waals surface area (Å²) in [6, 6.07) is 5.97. The largest absolute Gasteiger partial charge is 0.493 e. The third-order valence-corrected chi connectivity index (χ3v) is 3.38. The first-order chi connectivity index (χ1) is 9.15. The lowest BCUT2D eigenvalue weighted by molar-refractivity contribution is 0.304. The van der Waals surface area contributed by atoms with Crippen molar-refractivity contribution in [2.24, 2.45) is 5.73 Å². The average Bonchev–Trinajstić information content (AvgIpc) is 2.39. The van der Waals surface area contributed by atoms with E-state index in [0.717, 1.165) is 29.9 Å². The Morgan fingerprint density at radius 2 is 1.84 bits per heavy atom. The van der Waals surface area contributed by atoms with Crippen molar-refractivity contribution in [3.63, 3.8) is 0 Å². The standard InChI is InChI=1S/C16H25NOS/c1-3-4-5-6-7-8-11-18-15-10-9-13(2)12-14(15)16(17)19/h9-10,12H,3-8,11H2,1-2H3,(H2,17,19). The van der Waals surface area contributed by atoms with Gasteiger partial charge in [-0.1, -0.05) is 62.9 Å². The predicted molar refractivity (Wildman–Crippen MR) is 85.9 cm³/mol. The fourth-order valence-corrected chi connectivity index (χ4v) is 2.19. The average molecular weight is 279 g/mol. The summed E-state index contributed by atoms with van der Waals surface area (Å²) >= 11 is 5.06. The number of hydrogen-bond donors (Lipinski definition) is 1. The van der Waals surface area contributed by atoms with Crippen molar-refractivity contribution in [2.75, 3.05) is 6.61 Å². The summed E-state index contributed by atoms with van der Waals surface area (Å²) in [5.74, 6) is 0.812. The Morgan fingerprint density at radius 3 is 2.53 bits per heavy atom. The molecule has 0 aliphatic heterocycles. The van der Waals surface area contributed by atoms with E-state index in [1.54, 1.807) is 0 Å². The van der Waals surface area contributed by atoms with Crippen LogP contribution in [0.15, 0.2) is 18.2 Å². The highest BCUT2D eigenvalue weighted by Crippen LogP contribution is 2.20. The van der Waals surface area contributed by atoms with Crippen LogP contribution in [0, 0.1) is 6.92 Å². The van der Waals surface area contributed by atoms with Gasteiger partial charge in [-0.25, -0.2) is 0 Å². The van der Waals surface area contributed by atoms with Gasteiger partial charge in [0.05, 0.1) is 12.2 Å². The molecule has 0 saturated heterocycles. The third kappa shape index (κ3) is 6.06. The molecule has 2 nitrogen and oxygen atoms in total. The highest BCUT2D eigenvalue weighted by Gasteiger charge is 2.06. The van der Waals surface area contributed by atoms with E-state index in [2.05, 4.69) is 6.92 Å². The van der Waals surface area contributed by atoms with Gasteiger partial charge in [-0.3, -0.25) is 0 Å². The van der Waals surface area contributed by atoms with Gasteiger partial charge in [-0.05, 0) is 25.5 Å². The van der Waals surface area contributed by atoms with Crippen LogP contribution in [0.5, 0.6) is 5.75 Å². The van der Waals surface area contributed by atoms with Gasteiger partial charge in [-0.2, -0.15) is 0 Å². The number of hydrogen-bond acceptors (Lipinski definition) is 2. The van der Waals surface area contributed by atoms with E-state index >= 15 is 0 Å². The van der Waals surface area contributed by atoms with Gasteiger partial charge in [-0.15, -0.1) is 0 Å². The molecule has 0 saturated carbocycles. The van der Waals surface area contributed by atoms with E-state index in [1.165, 1.54) is 32.1 Å². The van der Waals surface area contributed by atoms with Gasteiger partial charge in [0, 0.05) is 0 Å². The second-order valence-corrected chi connectivity index (χ2v) is 5.42. The molecule has 0 bridgehead atoms. The number of benzene rings is 1. The number of rotatable bonds is 9. The third-order valence-electron chi connectivity index (χ3n) is 3.16. The van der Waals surface area contributed by atoms with Gasteiger partial charge in [0.1, 0.15) is 10.7 Å². The molecular weight excluding hydrogens is 254 g/mol. The summed E-state index contributed by atoms with van der Waals surface area (Å²) in [7, 11) is 0. The topological polar surface area (TPSA) is 35.2 Å². The summed E-state index contributed by atoms with van der Waals surface area (Å²) < 4.78 is 5.79. The summed E-state index contributed by atoms with van der Waals surface area (Å²) in [4.78, 5) is 0.404. The molecule has 0 fully saturated rings. The lowest BCUT2D eigenvalue weighted by Crippen LogP contribution is -2.12. The number of ether oxygens (including phenoxy) is 1. The fraction of sp³-hybridized carbons (Fsp3) is 0.562. The van der Waals surface area contributed by atoms with Crippen molar-refractivity contribution in [1.82, 2.24) is 0 Å². The van der Waals surface area contributed by atoms with Crippen molar-refractivity contribution in [3.05, 3.63) is 29.3 Å². The minimum Gasteiger partial charge on any atom is -0.493 e. The van der Waals surface area contributed by atoms with Crippen LogP contribution in [0.2, 0.25) is 0 Å². The zero-order chi connectivity index (χ0) is 14.1. The molecular formula is C16H25NOS. The zero-order valence-corrected chi connectivity index (χ0v) is 12.9. The molecule has 3 heteroatoms. The molecule has 0 spiro atoms. The smallest absolute Gasteiger partial charge is 0.129 e. The summed E-state index contributed by atoms with van der Waals surface area (Å²) in [6.07, 6.45) is 7.58. The first kappa shape index (κ1) is 16.0. The van der Waals surface area contributed by atoms with E-state index in [4.69, 9.17) is 22.7 Å². The molecule has 106 valence electrons. The molecule has 19 heavy (non-hydrogen) atoms. The Hall–Kier alpha value is -1.09. The number of aryl methyl sites for hydroxylation is 1. The summed E-state index contributed by atoms with van der Waals surface area (Å²) in [5, 5.41) is 0. The van der Waals surface area contributed by atoms with Crippen LogP contribution in [-0.2, 0) is 0 Å². The molecule has 0 aromatic heterocycles. The van der Waals surface area contributed by atoms with Crippen molar-refractivity contribution in [2.45, 2.75) is 52.4 Å². The van der Waals surface area contributed by atoms with Crippen LogP contribution in [0.25, 0.3) is 0 Å². The predicted octanol–water partition coefficient (Wildman–Crippen LogP) is 4.37. The van der Waals surface area contributed by atoms with E-state index in [0.29, 0.717) is 4.99 Å². The molecule has 0 aliphatic rings. The SMILES string of the molecule is CCCCCCCCOc1ccc(C)cc1C(N)=S. The summed E-state index contributed by atoms with van der Waals surface area (Å²) in [6.45, 7) is 5.00. The monoisotopic (exact) mass is 279 g/mol. The zero-order valence-electron chi connectivity index (χ0n) is 12.1. The van der Waals surface area contributed by atoms with Crippen LogP contribution < -0.4 is 10.5 Å². The van der Waals surface area contributed by atoms with E-state index in [9.17, 15) is 0 Å². The number of thiocarbonyl (C=S) groups is 1. The van der Waals surface area contributed by atoms with Crippen LogP contribution in [-0.4, -0.2) is 11.6 Å². The van der Waals surface area contributed by atoms with E-state index in [1.807, 2.05) is 25.1 Å². The van der Waals surface area contributed by atoms with Gasteiger partial charge in [0.15, 0.2) is 0 Å². The maximum atomic E-state index is 5.79. The molecule has 0 amide bonds. The minimum atomic E-state index is 0.404. The van der Waals surface area contributed by atoms with Crippen LogP contribution in [0.4, 0.5) is 0 Å². The highest BCUT2D eigenvalue weighted by atomic mass is 32.1. The van der Waals surface area contributed by atoms with Crippen LogP contribution >= 0.6 is 12.2 Å². The highest BCUT2D eigenvalue weighted by molar-refractivity contribution is 7.80. The molecule has 2 N–H and O–H groups in total. The van der Waals surface area contributed by atoms with Crippen molar-refractivity contribution < 1.29 is 4.74 Å². The van der Waals surface area contributed by atoms with E-state index in [-0.39, 0.29) is 0 Å². The van der Waals surface area contributed by atoms with Crippen LogP contribution in [0.1, 0.15) is 56.6 Å². The second-order valence-electron chi connectivity index (χ2n) is 4.98. The second kappa shape index (κ2) is 8.92. The lowest BCUT2D eigenvalue weighted by Gasteiger charge is -2.11. The molecule has 1 rings (SSSR count). The molecule has 0 aliphatic carbocycles. The first-order valence-electron chi connectivity index (χ1n) is 7.18. The van der Waals surface area contributed by atoms with Gasteiger partial charge in [0.2, 0.25) is 0 Å². The van der Waals surface area contributed by atoms with Crippen molar-refractivity contribution in [1.29, 1.82) is 0 Å². The molecule has 1 aromatic carbocycles. The van der Waals surface area contributed by atoms with Crippen molar-refractivity contribution in [3.8, 4) is 5.75 Å². The van der Waals surface area contributed by atoms with Crippen molar-refractivity contribution >= 4 is 17.2 Å². The number of unbranched alkanes of at least 4 members (excludes halogenated alkanes) is 5. The Morgan fingerprint density at radius 1 is 1.16 bits per heavy atom. The summed E-state index contributed by atoms with van der Waals surface area (Å²) in [5.41, 5.74) is 7.72.